The van der Waals surface area contributed by atoms with Gasteiger partial charge >= 0.3 is 0 Å². The van der Waals surface area contributed by atoms with Crippen LogP contribution in [0.25, 0.3) is 0 Å². The zero-order valence-electron chi connectivity index (χ0n) is 10.6. The van der Waals surface area contributed by atoms with E-state index in [9.17, 15) is 4.79 Å². The van der Waals surface area contributed by atoms with Crippen LogP contribution in [-0.4, -0.2) is 6.08 Å². The highest BCUT2D eigenvalue weighted by Crippen LogP contribution is 2.26. The van der Waals surface area contributed by atoms with Gasteiger partial charge < -0.3 is 0 Å². The molecule has 0 atom stereocenters. The minimum atomic E-state index is -0.262. The van der Waals surface area contributed by atoms with E-state index in [1.165, 1.54) is 0 Å². The van der Waals surface area contributed by atoms with E-state index in [1.807, 2.05) is 62.4 Å². The first-order chi connectivity index (χ1) is 8.70. The molecule has 0 aliphatic carbocycles. The van der Waals surface area contributed by atoms with Crippen LogP contribution in [-0.2, 0) is 4.79 Å². The van der Waals surface area contributed by atoms with Crippen molar-refractivity contribution in [2.45, 2.75) is 19.9 Å². The molecule has 0 aromatic heterocycles. The van der Waals surface area contributed by atoms with E-state index in [1.54, 1.807) is 6.08 Å². The van der Waals surface area contributed by atoms with Crippen LogP contribution in [0.3, 0.4) is 0 Å². The molecule has 2 rings (SSSR count). The first-order valence-corrected chi connectivity index (χ1v) is 5.91. The molecule has 2 heteroatoms. The lowest BCUT2D eigenvalue weighted by Gasteiger charge is -2.12. The molecule has 0 amide bonds. The summed E-state index contributed by atoms with van der Waals surface area (Å²) >= 11 is 0. The number of aliphatic imine (C=N–C) groups is 1. The summed E-state index contributed by atoms with van der Waals surface area (Å²) in [7, 11) is 0. The molecule has 0 heterocycles. The Bertz CT molecular complexity index is 552. The lowest BCUT2D eigenvalue weighted by molar-refractivity contribution is 0.560. The minimum Gasteiger partial charge on any atom is -0.211 e. The van der Waals surface area contributed by atoms with Gasteiger partial charge in [-0.15, -0.1) is 0 Å². The van der Waals surface area contributed by atoms with Crippen LogP contribution >= 0.6 is 0 Å². The summed E-state index contributed by atoms with van der Waals surface area (Å²) in [5, 5.41) is 0. The van der Waals surface area contributed by atoms with Gasteiger partial charge in [0.1, 0.15) is 6.04 Å². The van der Waals surface area contributed by atoms with Crippen LogP contribution in [0, 0.1) is 13.8 Å². The fraction of sp³-hybridized carbons (Fsp3) is 0.188. The highest BCUT2D eigenvalue weighted by molar-refractivity contribution is 5.42. The zero-order valence-corrected chi connectivity index (χ0v) is 10.6. The molecule has 0 bridgehead atoms. The van der Waals surface area contributed by atoms with Crippen LogP contribution in [0.4, 0.5) is 0 Å². The maximum atomic E-state index is 10.6. The number of hydrogen-bond donors (Lipinski definition) is 0. The van der Waals surface area contributed by atoms with Crippen molar-refractivity contribution in [3.05, 3.63) is 70.8 Å². The van der Waals surface area contributed by atoms with Crippen molar-refractivity contribution in [2.75, 3.05) is 0 Å². The monoisotopic (exact) mass is 237 g/mol. The van der Waals surface area contributed by atoms with Crippen molar-refractivity contribution in [3.63, 3.8) is 0 Å². The van der Waals surface area contributed by atoms with E-state index in [2.05, 4.69) is 4.99 Å². The second kappa shape index (κ2) is 5.44. The lowest BCUT2D eigenvalue weighted by Crippen LogP contribution is -1.98. The average Bonchev–Trinajstić information content (AvgIpc) is 2.36. The Morgan fingerprint density at radius 1 is 0.944 bits per heavy atom. The molecule has 0 N–H and O–H groups in total. The Balaban J connectivity index is 2.49. The Morgan fingerprint density at radius 2 is 1.44 bits per heavy atom. The molecule has 0 aliphatic rings. The highest BCUT2D eigenvalue weighted by atomic mass is 16.1. The summed E-state index contributed by atoms with van der Waals surface area (Å²) < 4.78 is 0. The average molecular weight is 237 g/mol. The zero-order chi connectivity index (χ0) is 13.0. The van der Waals surface area contributed by atoms with Gasteiger partial charge in [-0.2, -0.15) is 4.99 Å². The van der Waals surface area contributed by atoms with Crippen LogP contribution < -0.4 is 0 Å². The third-order valence-electron chi connectivity index (χ3n) is 2.90. The van der Waals surface area contributed by atoms with Crippen molar-refractivity contribution in [1.82, 2.24) is 0 Å². The van der Waals surface area contributed by atoms with Gasteiger partial charge in [-0.25, -0.2) is 4.79 Å². The fourth-order valence-electron chi connectivity index (χ4n) is 2.07. The van der Waals surface area contributed by atoms with E-state index in [0.29, 0.717) is 0 Å². The maximum absolute atomic E-state index is 10.6. The molecule has 0 aliphatic heterocycles. The van der Waals surface area contributed by atoms with Gasteiger partial charge in [-0.05, 0) is 25.0 Å². The van der Waals surface area contributed by atoms with E-state index in [-0.39, 0.29) is 6.04 Å². The summed E-state index contributed by atoms with van der Waals surface area (Å²) in [5.41, 5.74) is 4.35. The van der Waals surface area contributed by atoms with Gasteiger partial charge in [-0.3, -0.25) is 0 Å². The van der Waals surface area contributed by atoms with Gasteiger partial charge in [-0.1, -0.05) is 59.7 Å². The summed E-state index contributed by atoms with van der Waals surface area (Å²) in [6.07, 6.45) is 1.68. The number of hydrogen-bond acceptors (Lipinski definition) is 2. The SMILES string of the molecule is Cc1cccc(C(N=C=O)c2cccc(C)c2)c1. The predicted molar refractivity (Wildman–Crippen MR) is 72.3 cm³/mol. The largest absolute Gasteiger partial charge is 0.235 e. The van der Waals surface area contributed by atoms with Crippen LogP contribution in [0.2, 0.25) is 0 Å². The van der Waals surface area contributed by atoms with E-state index >= 15 is 0 Å². The van der Waals surface area contributed by atoms with Gasteiger partial charge in [0.25, 0.3) is 0 Å². The third-order valence-corrected chi connectivity index (χ3v) is 2.90. The molecule has 2 nitrogen and oxygen atoms in total. The van der Waals surface area contributed by atoms with E-state index in [0.717, 1.165) is 22.3 Å². The Kier molecular flexibility index (Phi) is 3.71. The molecule has 0 radical (unpaired) electrons. The molecule has 0 unspecified atom stereocenters. The van der Waals surface area contributed by atoms with Crippen LogP contribution in [0.15, 0.2) is 53.5 Å². The van der Waals surface area contributed by atoms with Crippen molar-refractivity contribution in [2.24, 2.45) is 4.99 Å². The fourth-order valence-corrected chi connectivity index (χ4v) is 2.07. The van der Waals surface area contributed by atoms with Crippen molar-refractivity contribution in [1.29, 1.82) is 0 Å². The molecule has 0 fully saturated rings. The topological polar surface area (TPSA) is 29.4 Å². The highest BCUT2D eigenvalue weighted by Gasteiger charge is 2.12. The van der Waals surface area contributed by atoms with Crippen LogP contribution in [0.1, 0.15) is 28.3 Å². The Labute approximate surface area is 107 Å². The molecule has 0 saturated carbocycles. The summed E-state index contributed by atoms with van der Waals surface area (Å²) in [6.45, 7) is 4.06. The standard InChI is InChI=1S/C16H15NO/c1-12-5-3-7-14(9-12)16(17-11-18)15-8-4-6-13(2)10-15/h3-10,16H,1-2H3. The maximum Gasteiger partial charge on any atom is 0.235 e. The van der Waals surface area contributed by atoms with E-state index in [4.69, 9.17) is 0 Å². The van der Waals surface area contributed by atoms with Crippen LogP contribution in [0.5, 0.6) is 0 Å². The molecule has 2 aromatic carbocycles. The number of aryl methyl sites for hydroxylation is 2. The number of rotatable bonds is 3. The first-order valence-electron chi connectivity index (χ1n) is 5.91. The third kappa shape index (κ3) is 2.73. The van der Waals surface area contributed by atoms with Gasteiger partial charge in [0.15, 0.2) is 0 Å². The molecular formula is C16H15NO. The number of isocyanates is 1. The first kappa shape index (κ1) is 12.3. The van der Waals surface area contributed by atoms with Gasteiger partial charge in [0.2, 0.25) is 6.08 Å². The molecule has 18 heavy (non-hydrogen) atoms. The second-order valence-electron chi connectivity index (χ2n) is 4.45. The summed E-state index contributed by atoms with van der Waals surface area (Å²) in [5.74, 6) is 0. The second-order valence-corrected chi connectivity index (χ2v) is 4.45. The minimum absolute atomic E-state index is 0.262. The summed E-state index contributed by atoms with van der Waals surface area (Å²) in [4.78, 5) is 14.6. The van der Waals surface area contributed by atoms with Crippen molar-refractivity contribution in [3.8, 4) is 0 Å². The van der Waals surface area contributed by atoms with Gasteiger partial charge in [0, 0.05) is 0 Å². The normalized spacial score (nSPS) is 10.2. The molecule has 0 spiro atoms. The molecule has 90 valence electrons. The number of carbonyl (C=O) groups excluding carboxylic acids is 1. The van der Waals surface area contributed by atoms with E-state index < -0.39 is 0 Å². The van der Waals surface area contributed by atoms with Crippen molar-refractivity contribution >= 4 is 6.08 Å². The number of benzene rings is 2. The molecule has 0 saturated heterocycles. The molecule has 2 aromatic rings. The van der Waals surface area contributed by atoms with Gasteiger partial charge in [0.05, 0.1) is 0 Å². The quantitative estimate of drug-likeness (QED) is 0.590. The number of nitrogens with zero attached hydrogens (tertiary/aromatic N) is 1. The predicted octanol–water partition coefficient (Wildman–Crippen LogP) is 3.73. The molecular weight excluding hydrogens is 222 g/mol. The lowest BCUT2D eigenvalue weighted by atomic mass is 9.97. The summed E-state index contributed by atoms with van der Waals surface area (Å²) in [6, 6.07) is 15.8. The van der Waals surface area contributed by atoms with Crippen molar-refractivity contribution < 1.29 is 4.79 Å². The smallest absolute Gasteiger partial charge is 0.211 e. The Hall–Kier alpha value is -2.18. The Morgan fingerprint density at radius 3 is 1.83 bits per heavy atom.